The summed E-state index contributed by atoms with van der Waals surface area (Å²) in [6, 6.07) is 20.1. The monoisotopic (exact) mass is 656 g/mol. The minimum Gasteiger partial charge on any atom is -0.493 e. The van der Waals surface area contributed by atoms with Gasteiger partial charge in [-0.3, -0.25) is 14.8 Å². The van der Waals surface area contributed by atoms with Crippen molar-refractivity contribution in [2.75, 3.05) is 18.2 Å². The molecule has 1 heterocycles. The van der Waals surface area contributed by atoms with Gasteiger partial charge >= 0.3 is 12.1 Å². The molecule has 13 heteroatoms. The number of carbonyl (C=O) groups is 2. The minimum absolute atomic E-state index is 0.0303. The van der Waals surface area contributed by atoms with Gasteiger partial charge in [0.15, 0.2) is 11.5 Å². The number of carboxylic acids is 1. The van der Waals surface area contributed by atoms with Gasteiger partial charge in [0.25, 0.3) is 0 Å². The number of nitrogens with zero attached hydrogens (tertiary/aromatic N) is 2. The second-order valence-electron chi connectivity index (χ2n) is 10.5. The van der Waals surface area contributed by atoms with E-state index in [1.54, 1.807) is 12.4 Å². The first-order chi connectivity index (χ1) is 22.3. The summed E-state index contributed by atoms with van der Waals surface area (Å²) in [5.74, 6) is 5.64. The highest BCUT2D eigenvalue weighted by molar-refractivity contribution is 5.89. The van der Waals surface area contributed by atoms with Gasteiger partial charge in [0, 0.05) is 29.9 Å². The summed E-state index contributed by atoms with van der Waals surface area (Å²) in [6.45, 7) is 9.23. The number of fused-ring (bicyclic) bond motifs is 1. The molecule has 0 aliphatic heterocycles. The lowest BCUT2D eigenvalue weighted by Crippen LogP contribution is -2.44. The van der Waals surface area contributed by atoms with Gasteiger partial charge in [-0.1, -0.05) is 37.3 Å². The Morgan fingerprint density at radius 2 is 1.68 bits per heavy atom. The van der Waals surface area contributed by atoms with E-state index in [-0.39, 0.29) is 12.0 Å². The van der Waals surface area contributed by atoms with Crippen molar-refractivity contribution < 1.29 is 42.1 Å². The normalized spacial score (nSPS) is 11.7. The molecule has 47 heavy (non-hydrogen) atoms. The number of halogens is 3. The van der Waals surface area contributed by atoms with Crippen LogP contribution in [0.2, 0.25) is 0 Å². The van der Waals surface area contributed by atoms with E-state index in [4.69, 9.17) is 30.0 Å². The van der Waals surface area contributed by atoms with Gasteiger partial charge in [-0.2, -0.15) is 13.2 Å². The Labute approximate surface area is 271 Å². The summed E-state index contributed by atoms with van der Waals surface area (Å²) in [5, 5.41) is 13.6. The zero-order chi connectivity index (χ0) is 34.6. The average molecular weight is 657 g/mol. The Balaban J connectivity index is 0.000000771. The van der Waals surface area contributed by atoms with E-state index in [2.05, 4.69) is 17.2 Å². The molecule has 1 unspecified atom stereocenters. The number of nitrogens with two attached hydrogens (primary N) is 1. The number of para-hydroxylation sites is 1. The van der Waals surface area contributed by atoms with Gasteiger partial charge in [-0.15, -0.1) is 0 Å². The first-order valence-electron chi connectivity index (χ1n) is 14.9. The molecular weight excluding hydrogens is 617 g/mol. The fraction of sp³-hybridized carbons (Fsp3) is 0.324. The second kappa shape index (κ2) is 17.0. The van der Waals surface area contributed by atoms with Crippen LogP contribution in [0.15, 0.2) is 79.1 Å². The Bertz CT molecular complexity index is 1630. The van der Waals surface area contributed by atoms with Gasteiger partial charge in [0.05, 0.1) is 25.0 Å². The number of benzene rings is 3. The number of rotatable bonds is 13. The number of pyridine rings is 1. The molecule has 1 amide bonds. The number of ether oxygens (including phenoxy) is 3. The van der Waals surface area contributed by atoms with Crippen LogP contribution in [0.5, 0.6) is 17.2 Å². The highest BCUT2D eigenvalue weighted by Gasteiger charge is 2.38. The number of anilines is 1. The molecule has 0 saturated heterocycles. The first kappa shape index (κ1) is 36.4. The largest absolute Gasteiger partial charge is 0.493 e. The molecule has 0 aliphatic carbocycles. The molecule has 0 bridgehead atoms. The smallest absolute Gasteiger partial charge is 0.490 e. The molecule has 4 rings (SSSR count). The fourth-order valence-electron chi connectivity index (χ4n) is 4.41. The Hall–Kier alpha value is -5.04. The molecule has 0 radical (unpaired) electrons. The van der Waals surface area contributed by atoms with Crippen LogP contribution >= 0.6 is 0 Å². The first-order valence-corrected chi connectivity index (χ1v) is 14.9. The summed E-state index contributed by atoms with van der Waals surface area (Å²) in [6.07, 6.45) is -0.691. The number of aliphatic carboxylic acids is 1. The fourth-order valence-corrected chi connectivity index (χ4v) is 4.41. The molecule has 0 fully saturated rings. The van der Waals surface area contributed by atoms with E-state index in [9.17, 15) is 18.0 Å². The zero-order valence-corrected chi connectivity index (χ0v) is 26.6. The molecule has 0 spiro atoms. The lowest BCUT2D eigenvalue weighted by atomic mass is 10.0. The highest BCUT2D eigenvalue weighted by atomic mass is 19.4. The van der Waals surface area contributed by atoms with Gasteiger partial charge < -0.3 is 24.6 Å². The third-order valence-corrected chi connectivity index (χ3v) is 6.52. The molecule has 0 saturated carbocycles. The van der Waals surface area contributed by atoms with Crippen molar-refractivity contribution in [3.63, 3.8) is 0 Å². The van der Waals surface area contributed by atoms with Crippen molar-refractivity contribution in [3.05, 3.63) is 90.3 Å². The third-order valence-electron chi connectivity index (χ3n) is 6.52. The summed E-state index contributed by atoms with van der Waals surface area (Å²) in [4.78, 5) is 27.0. The number of hydrazine groups is 1. The predicted octanol–water partition coefficient (Wildman–Crippen LogP) is 6.58. The van der Waals surface area contributed by atoms with Crippen LogP contribution in [0.1, 0.15) is 51.3 Å². The standard InChI is InChI=1S/C32H38N4O4.C2HF3O2/c1-5-17-39-28-10-8-7-9-26(28)21-35-32(37)31(24-12-14-29(40-22(3)4)30(19-24)38-6-2)36(33)27-13-11-25-20-34-16-15-23(25)18-27;3-2(4,5)1(6)7/h7-16,18-20,22,31H,5-6,17,21,33H2,1-4H3,(H,35,37);(H,6,7). The number of amides is 1. The Morgan fingerprint density at radius 1 is 0.957 bits per heavy atom. The molecule has 4 N–H and O–H groups in total. The topological polar surface area (TPSA) is 136 Å². The molecule has 0 aliphatic rings. The SMILES string of the molecule is CCCOc1ccccc1CNC(=O)C(c1ccc(OC(C)C)c(OCC)c1)N(N)c1ccc2cnccc2c1.O=C(O)C(F)(F)F. The van der Waals surface area contributed by atoms with Crippen molar-refractivity contribution in [2.45, 2.75) is 59.0 Å². The number of alkyl halides is 3. The molecule has 4 aromatic rings. The van der Waals surface area contributed by atoms with E-state index < -0.39 is 18.2 Å². The number of carboxylic acid groups (broad SMARTS) is 1. The Morgan fingerprint density at radius 3 is 2.34 bits per heavy atom. The maximum atomic E-state index is 13.9. The predicted molar refractivity (Wildman–Crippen MR) is 172 cm³/mol. The van der Waals surface area contributed by atoms with Gasteiger partial charge in [-0.25, -0.2) is 10.6 Å². The molecular formula is C34H39F3N4O6. The highest BCUT2D eigenvalue weighted by Crippen LogP contribution is 2.35. The average Bonchev–Trinajstić information content (AvgIpc) is 3.04. The van der Waals surface area contributed by atoms with Crippen LogP contribution in [0.25, 0.3) is 10.8 Å². The van der Waals surface area contributed by atoms with Gasteiger partial charge in [0.2, 0.25) is 5.91 Å². The maximum absolute atomic E-state index is 13.9. The zero-order valence-electron chi connectivity index (χ0n) is 26.6. The summed E-state index contributed by atoms with van der Waals surface area (Å²) < 4.78 is 49.5. The molecule has 10 nitrogen and oxygen atoms in total. The number of aromatic nitrogens is 1. The van der Waals surface area contributed by atoms with Crippen LogP contribution in [-0.2, 0) is 16.1 Å². The second-order valence-corrected chi connectivity index (χ2v) is 10.5. The van der Waals surface area contributed by atoms with Crippen molar-refractivity contribution >= 4 is 28.3 Å². The van der Waals surface area contributed by atoms with Crippen molar-refractivity contribution in [2.24, 2.45) is 5.84 Å². The number of nitrogens with one attached hydrogen (secondary N) is 1. The van der Waals surface area contributed by atoms with Crippen LogP contribution in [0.3, 0.4) is 0 Å². The van der Waals surface area contributed by atoms with Crippen molar-refractivity contribution in [1.82, 2.24) is 10.3 Å². The van der Waals surface area contributed by atoms with E-state index in [0.29, 0.717) is 42.5 Å². The molecule has 1 atom stereocenters. The summed E-state index contributed by atoms with van der Waals surface area (Å²) in [5.41, 5.74) is 2.25. The van der Waals surface area contributed by atoms with E-state index in [1.807, 2.05) is 87.5 Å². The lowest BCUT2D eigenvalue weighted by molar-refractivity contribution is -0.192. The minimum atomic E-state index is -5.08. The van der Waals surface area contributed by atoms with E-state index >= 15 is 0 Å². The van der Waals surface area contributed by atoms with E-state index in [0.717, 1.165) is 28.5 Å². The molecule has 252 valence electrons. The lowest BCUT2D eigenvalue weighted by Gasteiger charge is -2.30. The van der Waals surface area contributed by atoms with Crippen LogP contribution in [0, 0.1) is 0 Å². The Kier molecular flexibility index (Phi) is 13.2. The molecule has 1 aromatic heterocycles. The van der Waals surface area contributed by atoms with Crippen LogP contribution < -0.4 is 30.4 Å². The maximum Gasteiger partial charge on any atom is 0.490 e. The van der Waals surface area contributed by atoms with Crippen LogP contribution in [-0.4, -0.2) is 47.5 Å². The van der Waals surface area contributed by atoms with Gasteiger partial charge in [-0.05, 0) is 74.5 Å². The number of hydrogen-bond donors (Lipinski definition) is 3. The summed E-state index contributed by atoms with van der Waals surface area (Å²) >= 11 is 0. The number of hydrogen-bond acceptors (Lipinski definition) is 8. The molecule has 3 aromatic carbocycles. The van der Waals surface area contributed by atoms with Crippen molar-refractivity contribution in [1.29, 1.82) is 0 Å². The van der Waals surface area contributed by atoms with Crippen molar-refractivity contribution in [3.8, 4) is 17.2 Å². The summed E-state index contributed by atoms with van der Waals surface area (Å²) in [7, 11) is 0. The third kappa shape index (κ3) is 10.5. The van der Waals surface area contributed by atoms with Crippen LogP contribution in [0.4, 0.5) is 18.9 Å². The number of carbonyl (C=O) groups excluding carboxylic acids is 1. The van der Waals surface area contributed by atoms with E-state index in [1.165, 1.54) is 5.01 Å². The van der Waals surface area contributed by atoms with Gasteiger partial charge in [0.1, 0.15) is 11.8 Å². The quantitative estimate of drug-likeness (QED) is 0.108.